The molecule has 0 aliphatic carbocycles. The van der Waals surface area contributed by atoms with Crippen molar-refractivity contribution in [3.63, 3.8) is 0 Å². The molecule has 0 saturated carbocycles. The molecule has 2 N–H and O–H groups in total. The summed E-state index contributed by atoms with van der Waals surface area (Å²) in [5, 5.41) is 8.77. The van der Waals surface area contributed by atoms with E-state index in [1.54, 1.807) is 4.90 Å². The normalized spacial score (nSPS) is 36.7. The van der Waals surface area contributed by atoms with E-state index < -0.39 is 0 Å². The molecule has 1 aliphatic heterocycles. The monoisotopic (exact) mass is 130 g/mol. The molecular weight excluding hydrogens is 114 g/mol. The molecule has 0 atom stereocenters. The van der Waals surface area contributed by atoms with Crippen LogP contribution in [0.2, 0.25) is 0 Å². The van der Waals surface area contributed by atoms with Gasteiger partial charge in [0.2, 0.25) is 0 Å². The summed E-state index contributed by atoms with van der Waals surface area (Å²) < 4.78 is 0. The molecule has 1 fully saturated rings. The Labute approximate surface area is 56.5 Å². The molecule has 0 aromatic heterocycles. The number of nitrogens with one attached hydrogen (secondary N) is 1. The van der Waals surface area contributed by atoms with Crippen molar-refractivity contribution in [3.8, 4) is 0 Å². The number of hydrogen-bond acceptors (Lipinski definition) is 1. The van der Waals surface area contributed by atoms with Crippen molar-refractivity contribution in [2.24, 2.45) is 5.92 Å². The van der Waals surface area contributed by atoms with Crippen LogP contribution in [0.1, 0.15) is 12.8 Å². The van der Waals surface area contributed by atoms with Crippen molar-refractivity contribution in [1.29, 1.82) is 0 Å². The first-order valence-corrected chi connectivity index (χ1v) is 3.75. The maximum atomic E-state index is 8.77. The summed E-state index contributed by atoms with van der Waals surface area (Å²) in [6, 6.07) is 0. The zero-order valence-electron chi connectivity index (χ0n) is 6.06. The van der Waals surface area contributed by atoms with Gasteiger partial charge in [-0.15, -0.1) is 0 Å². The molecule has 0 aromatic rings. The van der Waals surface area contributed by atoms with E-state index in [9.17, 15) is 0 Å². The fourth-order valence-electron chi connectivity index (χ4n) is 1.35. The maximum Gasteiger partial charge on any atom is 0.0772 e. The van der Waals surface area contributed by atoms with Crippen LogP contribution in [0.3, 0.4) is 0 Å². The second kappa shape index (κ2) is 3.18. The van der Waals surface area contributed by atoms with Crippen LogP contribution in [-0.4, -0.2) is 31.9 Å². The predicted octanol–water partition coefficient (Wildman–Crippen LogP) is -1.10. The molecule has 0 spiro atoms. The molecule has 1 rings (SSSR count). The van der Waals surface area contributed by atoms with Crippen LogP contribution in [-0.2, 0) is 0 Å². The van der Waals surface area contributed by atoms with E-state index in [1.807, 2.05) is 0 Å². The summed E-state index contributed by atoms with van der Waals surface area (Å²) in [6.45, 7) is 2.88. The van der Waals surface area contributed by atoms with Gasteiger partial charge in [-0.2, -0.15) is 0 Å². The average molecular weight is 130 g/mol. The first-order chi connectivity index (χ1) is 4.33. The third-order valence-electron chi connectivity index (χ3n) is 2.22. The first-order valence-electron chi connectivity index (χ1n) is 3.75. The van der Waals surface area contributed by atoms with Crippen LogP contribution in [0, 0.1) is 5.92 Å². The van der Waals surface area contributed by atoms with E-state index in [-0.39, 0.29) is 0 Å². The summed E-state index contributed by atoms with van der Waals surface area (Å²) >= 11 is 0. The van der Waals surface area contributed by atoms with Crippen molar-refractivity contribution >= 4 is 0 Å². The van der Waals surface area contributed by atoms with Gasteiger partial charge in [-0.3, -0.25) is 0 Å². The molecule has 0 unspecified atom stereocenters. The number of quaternary nitrogens is 1. The van der Waals surface area contributed by atoms with Crippen molar-refractivity contribution in [2.75, 3.05) is 26.7 Å². The molecule has 2 nitrogen and oxygen atoms in total. The summed E-state index contributed by atoms with van der Waals surface area (Å²) in [5.41, 5.74) is 0. The Bertz CT molecular complexity index is 77.0. The lowest BCUT2D eigenvalue weighted by Crippen LogP contribution is -3.10. The van der Waals surface area contributed by atoms with Crippen molar-refractivity contribution < 1.29 is 10.0 Å². The Balaban J connectivity index is 2.18. The standard InChI is InChI=1S/C7H15NO/c1-8-4-2-7(6-9)3-5-8/h7,9H,2-6H2,1H3/p+1. The van der Waals surface area contributed by atoms with Crippen LogP contribution < -0.4 is 4.90 Å². The minimum atomic E-state index is 0.396. The second-order valence-electron chi connectivity index (χ2n) is 3.08. The van der Waals surface area contributed by atoms with Crippen LogP contribution in [0.4, 0.5) is 0 Å². The number of aliphatic hydroxyl groups is 1. The minimum Gasteiger partial charge on any atom is -0.396 e. The summed E-state index contributed by atoms with van der Waals surface area (Å²) in [5.74, 6) is 0.605. The number of piperidine rings is 1. The van der Waals surface area contributed by atoms with Gasteiger partial charge in [0.1, 0.15) is 0 Å². The van der Waals surface area contributed by atoms with Crippen LogP contribution in [0.15, 0.2) is 0 Å². The Morgan fingerprint density at radius 3 is 2.44 bits per heavy atom. The number of likely N-dealkylation sites (tertiary alicyclic amines) is 1. The quantitative estimate of drug-likeness (QED) is 0.463. The highest BCUT2D eigenvalue weighted by molar-refractivity contribution is 4.58. The van der Waals surface area contributed by atoms with Crippen molar-refractivity contribution in [3.05, 3.63) is 0 Å². The van der Waals surface area contributed by atoms with Gasteiger partial charge in [-0.1, -0.05) is 0 Å². The number of hydrogen-bond donors (Lipinski definition) is 2. The maximum absolute atomic E-state index is 8.77. The molecule has 0 amide bonds. The van der Waals surface area contributed by atoms with E-state index in [1.165, 1.54) is 25.9 Å². The van der Waals surface area contributed by atoms with Crippen molar-refractivity contribution in [2.45, 2.75) is 12.8 Å². The Hall–Kier alpha value is -0.0800. The number of aliphatic hydroxyl groups excluding tert-OH is 1. The molecule has 0 bridgehead atoms. The highest BCUT2D eigenvalue weighted by Gasteiger charge is 2.17. The highest BCUT2D eigenvalue weighted by atomic mass is 16.3. The van der Waals surface area contributed by atoms with E-state index in [4.69, 9.17) is 5.11 Å². The van der Waals surface area contributed by atoms with Crippen LogP contribution in [0.5, 0.6) is 0 Å². The Morgan fingerprint density at radius 1 is 1.44 bits per heavy atom. The third kappa shape index (κ3) is 1.95. The molecule has 1 aliphatic rings. The summed E-state index contributed by atoms with van der Waals surface area (Å²) in [7, 11) is 2.22. The van der Waals surface area contributed by atoms with Gasteiger partial charge in [-0.05, 0) is 5.92 Å². The fourth-order valence-corrected chi connectivity index (χ4v) is 1.35. The predicted molar refractivity (Wildman–Crippen MR) is 36.4 cm³/mol. The Morgan fingerprint density at radius 2 is 2.00 bits per heavy atom. The van der Waals surface area contributed by atoms with Gasteiger partial charge in [0, 0.05) is 19.4 Å². The largest absolute Gasteiger partial charge is 0.396 e. The number of rotatable bonds is 1. The highest BCUT2D eigenvalue weighted by Crippen LogP contribution is 2.06. The minimum absolute atomic E-state index is 0.396. The molecular formula is C7H16NO+. The lowest BCUT2D eigenvalue weighted by atomic mass is 9.98. The van der Waals surface area contributed by atoms with E-state index in [0.717, 1.165) is 0 Å². The van der Waals surface area contributed by atoms with Gasteiger partial charge < -0.3 is 10.0 Å². The van der Waals surface area contributed by atoms with E-state index in [2.05, 4.69) is 7.05 Å². The van der Waals surface area contributed by atoms with Crippen LogP contribution >= 0.6 is 0 Å². The molecule has 9 heavy (non-hydrogen) atoms. The smallest absolute Gasteiger partial charge is 0.0772 e. The lowest BCUT2D eigenvalue weighted by Gasteiger charge is -2.24. The van der Waals surface area contributed by atoms with E-state index >= 15 is 0 Å². The van der Waals surface area contributed by atoms with Crippen LogP contribution in [0.25, 0.3) is 0 Å². The molecule has 54 valence electrons. The molecule has 1 heterocycles. The van der Waals surface area contributed by atoms with E-state index in [0.29, 0.717) is 12.5 Å². The van der Waals surface area contributed by atoms with Gasteiger partial charge in [0.05, 0.1) is 20.1 Å². The zero-order valence-corrected chi connectivity index (χ0v) is 6.06. The van der Waals surface area contributed by atoms with Gasteiger partial charge in [0.25, 0.3) is 0 Å². The molecule has 2 heteroatoms. The zero-order chi connectivity index (χ0) is 6.69. The summed E-state index contributed by atoms with van der Waals surface area (Å²) in [6.07, 6.45) is 2.42. The average Bonchev–Trinajstić information content (AvgIpc) is 1.90. The summed E-state index contributed by atoms with van der Waals surface area (Å²) in [4.78, 5) is 1.61. The Kier molecular flexibility index (Phi) is 2.49. The molecule has 1 saturated heterocycles. The topological polar surface area (TPSA) is 24.7 Å². The molecule has 0 radical (unpaired) electrons. The first kappa shape index (κ1) is 7.03. The second-order valence-corrected chi connectivity index (χ2v) is 3.08. The van der Waals surface area contributed by atoms with Crippen molar-refractivity contribution in [1.82, 2.24) is 0 Å². The van der Waals surface area contributed by atoms with Gasteiger partial charge in [0.15, 0.2) is 0 Å². The van der Waals surface area contributed by atoms with Gasteiger partial charge in [-0.25, -0.2) is 0 Å². The fraction of sp³-hybridized carbons (Fsp3) is 1.00. The van der Waals surface area contributed by atoms with Gasteiger partial charge >= 0.3 is 0 Å². The molecule has 0 aromatic carbocycles. The SMILES string of the molecule is C[NH+]1CCC(CO)CC1. The third-order valence-corrected chi connectivity index (χ3v) is 2.22. The lowest BCUT2D eigenvalue weighted by molar-refractivity contribution is -0.886.